The molecule has 1 fully saturated rings. The van der Waals surface area contributed by atoms with Gasteiger partial charge in [0.25, 0.3) is 0 Å². The third-order valence-corrected chi connectivity index (χ3v) is 4.77. The normalized spacial score (nSPS) is 19.2. The summed E-state index contributed by atoms with van der Waals surface area (Å²) in [7, 11) is 0. The zero-order chi connectivity index (χ0) is 22.8. The largest absolute Gasteiger partial charge is 0.444 e. The van der Waals surface area contributed by atoms with Crippen LogP contribution in [-0.4, -0.2) is 57.9 Å². The van der Waals surface area contributed by atoms with Gasteiger partial charge in [0.1, 0.15) is 35.2 Å². The SMILES string of the molecule is CC(C)Nc1nc(C#N)cc2cnc(N[C@@H]3CN(C(=O)OC(C)(C)C)CC[C@@H]3F)cc12. The summed E-state index contributed by atoms with van der Waals surface area (Å²) in [6, 6.07) is 5.01. The lowest BCUT2D eigenvalue weighted by Crippen LogP contribution is -2.52. The second-order valence-electron chi connectivity index (χ2n) is 9.04. The van der Waals surface area contributed by atoms with E-state index in [1.807, 2.05) is 13.8 Å². The number of piperidine rings is 1. The van der Waals surface area contributed by atoms with Gasteiger partial charge < -0.3 is 20.3 Å². The van der Waals surface area contributed by atoms with Crippen molar-refractivity contribution in [3.63, 3.8) is 0 Å². The van der Waals surface area contributed by atoms with Gasteiger partial charge in [-0.3, -0.25) is 0 Å². The van der Waals surface area contributed by atoms with Crippen LogP contribution >= 0.6 is 0 Å². The average Bonchev–Trinajstić information content (AvgIpc) is 2.68. The molecular formula is C22H29FN6O2. The van der Waals surface area contributed by atoms with E-state index in [1.165, 1.54) is 4.90 Å². The van der Waals surface area contributed by atoms with Gasteiger partial charge in [0.15, 0.2) is 0 Å². The molecule has 1 aliphatic heterocycles. The summed E-state index contributed by atoms with van der Waals surface area (Å²) in [6.45, 7) is 9.85. The number of nitrogens with zero attached hydrogens (tertiary/aromatic N) is 4. The first kappa shape index (κ1) is 22.5. The first-order valence-electron chi connectivity index (χ1n) is 10.4. The molecule has 3 heterocycles. The van der Waals surface area contributed by atoms with Gasteiger partial charge in [-0.2, -0.15) is 5.26 Å². The molecule has 31 heavy (non-hydrogen) atoms. The minimum absolute atomic E-state index is 0.116. The highest BCUT2D eigenvalue weighted by atomic mass is 19.1. The van der Waals surface area contributed by atoms with Gasteiger partial charge in [0, 0.05) is 36.1 Å². The monoisotopic (exact) mass is 428 g/mol. The summed E-state index contributed by atoms with van der Waals surface area (Å²) in [5.74, 6) is 1.05. The number of anilines is 2. The first-order chi connectivity index (χ1) is 14.6. The van der Waals surface area contributed by atoms with E-state index in [9.17, 15) is 14.4 Å². The van der Waals surface area contributed by atoms with Crippen LogP contribution in [0.1, 0.15) is 46.7 Å². The number of amides is 1. The van der Waals surface area contributed by atoms with Crippen LogP contribution < -0.4 is 10.6 Å². The number of halogens is 1. The van der Waals surface area contributed by atoms with Crippen molar-refractivity contribution in [2.75, 3.05) is 23.7 Å². The van der Waals surface area contributed by atoms with E-state index in [0.717, 1.165) is 10.8 Å². The van der Waals surface area contributed by atoms with Crippen molar-refractivity contribution in [2.45, 2.75) is 64.9 Å². The number of aromatic nitrogens is 2. The van der Waals surface area contributed by atoms with Gasteiger partial charge in [-0.05, 0) is 53.2 Å². The van der Waals surface area contributed by atoms with Crippen LogP contribution in [-0.2, 0) is 4.74 Å². The van der Waals surface area contributed by atoms with E-state index < -0.39 is 23.9 Å². The molecule has 0 spiro atoms. The topological polar surface area (TPSA) is 103 Å². The molecule has 0 aromatic carbocycles. The van der Waals surface area contributed by atoms with Gasteiger partial charge in [-0.15, -0.1) is 0 Å². The summed E-state index contributed by atoms with van der Waals surface area (Å²) < 4.78 is 20.1. The zero-order valence-corrected chi connectivity index (χ0v) is 18.6. The van der Waals surface area contributed by atoms with E-state index in [0.29, 0.717) is 23.9 Å². The molecule has 3 rings (SSSR count). The van der Waals surface area contributed by atoms with Crippen molar-refractivity contribution in [3.05, 3.63) is 24.0 Å². The maximum atomic E-state index is 14.6. The van der Waals surface area contributed by atoms with E-state index >= 15 is 0 Å². The molecule has 9 heteroatoms. The highest BCUT2D eigenvalue weighted by molar-refractivity contribution is 5.93. The summed E-state index contributed by atoms with van der Waals surface area (Å²) >= 11 is 0. The van der Waals surface area contributed by atoms with E-state index in [4.69, 9.17) is 4.74 Å². The predicted molar refractivity (Wildman–Crippen MR) is 118 cm³/mol. The molecule has 2 atom stereocenters. The fourth-order valence-electron chi connectivity index (χ4n) is 3.41. The molecule has 1 saturated heterocycles. The molecule has 0 saturated carbocycles. The number of nitriles is 1. The van der Waals surface area contributed by atoms with Gasteiger partial charge >= 0.3 is 6.09 Å². The fourth-order valence-corrected chi connectivity index (χ4v) is 3.41. The predicted octanol–water partition coefficient (Wildman–Crippen LogP) is 4.08. The third-order valence-electron chi connectivity index (χ3n) is 4.77. The number of likely N-dealkylation sites (tertiary alicyclic amines) is 1. The van der Waals surface area contributed by atoms with E-state index in [2.05, 4.69) is 26.7 Å². The third kappa shape index (κ3) is 5.72. The van der Waals surface area contributed by atoms with Crippen molar-refractivity contribution < 1.29 is 13.9 Å². The number of alkyl halides is 1. The number of pyridine rings is 2. The summed E-state index contributed by atoms with van der Waals surface area (Å²) in [4.78, 5) is 22.7. The molecule has 166 valence electrons. The van der Waals surface area contributed by atoms with Gasteiger partial charge in [0.05, 0.1) is 6.04 Å². The molecule has 0 unspecified atom stereocenters. The molecule has 1 amide bonds. The number of carbonyl (C=O) groups is 1. The Bertz CT molecular complexity index is 998. The Balaban J connectivity index is 1.83. The van der Waals surface area contributed by atoms with E-state index in [1.54, 1.807) is 39.1 Å². The molecule has 0 bridgehead atoms. The number of hydrogen-bond donors (Lipinski definition) is 2. The summed E-state index contributed by atoms with van der Waals surface area (Å²) in [5, 5.41) is 17.1. The Labute approximate surface area is 181 Å². The van der Waals surface area contributed by atoms with Gasteiger partial charge in [0.2, 0.25) is 0 Å². The second kappa shape index (κ2) is 8.92. The smallest absolute Gasteiger partial charge is 0.410 e. The van der Waals surface area contributed by atoms with Crippen LogP contribution in [0.15, 0.2) is 18.3 Å². The zero-order valence-electron chi connectivity index (χ0n) is 18.6. The lowest BCUT2D eigenvalue weighted by atomic mass is 10.0. The standard InChI is InChI=1S/C22H29FN6O2/c1-13(2)26-20-16-9-19(25-11-14(16)8-15(10-24)27-20)28-18-12-29(7-6-17(18)23)21(30)31-22(3,4)5/h8-9,11,13,17-18H,6-7,12H2,1-5H3,(H,25,28)(H,26,27)/t17-,18+/m0/s1. The molecule has 0 aliphatic carbocycles. The molecular weight excluding hydrogens is 399 g/mol. The Hall–Kier alpha value is -3.15. The van der Waals surface area contributed by atoms with Crippen molar-refractivity contribution in [1.82, 2.24) is 14.9 Å². The van der Waals surface area contributed by atoms with Crippen molar-refractivity contribution >= 4 is 28.5 Å². The Morgan fingerprint density at radius 1 is 1.39 bits per heavy atom. The highest BCUT2D eigenvalue weighted by Gasteiger charge is 2.33. The number of ether oxygens (including phenoxy) is 1. The number of fused-ring (bicyclic) bond motifs is 1. The number of carbonyl (C=O) groups excluding carboxylic acids is 1. The molecule has 2 aromatic rings. The minimum Gasteiger partial charge on any atom is -0.444 e. The van der Waals surface area contributed by atoms with Crippen LogP contribution in [0.4, 0.5) is 20.8 Å². The van der Waals surface area contributed by atoms with Gasteiger partial charge in [-0.1, -0.05) is 0 Å². The van der Waals surface area contributed by atoms with Crippen LogP contribution in [0.2, 0.25) is 0 Å². The van der Waals surface area contributed by atoms with E-state index in [-0.39, 0.29) is 19.0 Å². The summed E-state index contributed by atoms with van der Waals surface area (Å²) in [6.07, 6.45) is 0.281. The van der Waals surface area contributed by atoms with Crippen LogP contribution in [0, 0.1) is 11.3 Å². The van der Waals surface area contributed by atoms with Crippen molar-refractivity contribution in [2.24, 2.45) is 0 Å². The highest BCUT2D eigenvalue weighted by Crippen LogP contribution is 2.27. The Kier molecular flexibility index (Phi) is 6.48. The van der Waals surface area contributed by atoms with Crippen LogP contribution in [0.5, 0.6) is 0 Å². The van der Waals surface area contributed by atoms with Gasteiger partial charge in [-0.25, -0.2) is 19.2 Å². The lowest BCUT2D eigenvalue weighted by molar-refractivity contribution is 0.0150. The number of nitrogens with one attached hydrogen (secondary N) is 2. The fraction of sp³-hybridized carbons (Fsp3) is 0.545. The first-order valence-corrected chi connectivity index (χ1v) is 10.4. The van der Waals surface area contributed by atoms with Crippen molar-refractivity contribution in [3.8, 4) is 6.07 Å². The molecule has 2 N–H and O–H groups in total. The number of hydrogen-bond acceptors (Lipinski definition) is 7. The van der Waals surface area contributed by atoms with Crippen LogP contribution in [0.25, 0.3) is 10.8 Å². The second-order valence-corrected chi connectivity index (χ2v) is 9.04. The lowest BCUT2D eigenvalue weighted by Gasteiger charge is -2.36. The quantitative estimate of drug-likeness (QED) is 0.756. The average molecular weight is 429 g/mol. The summed E-state index contributed by atoms with van der Waals surface area (Å²) in [5.41, 5.74) is -0.316. The van der Waals surface area contributed by atoms with Crippen LogP contribution in [0.3, 0.4) is 0 Å². The Morgan fingerprint density at radius 3 is 2.77 bits per heavy atom. The maximum absolute atomic E-state index is 14.6. The molecule has 8 nitrogen and oxygen atoms in total. The molecule has 2 aromatic heterocycles. The number of rotatable bonds is 4. The van der Waals surface area contributed by atoms with Crippen molar-refractivity contribution in [1.29, 1.82) is 5.26 Å². The minimum atomic E-state index is -1.12. The maximum Gasteiger partial charge on any atom is 0.410 e. The molecule has 0 radical (unpaired) electrons. The Morgan fingerprint density at radius 2 is 2.13 bits per heavy atom. The molecule has 1 aliphatic rings.